The van der Waals surface area contributed by atoms with Gasteiger partial charge in [0.1, 0.15) is 0 Å². The summed E-state index contributed by atoms with van der Waals surface area (Å²) in [6, 6.07) is 0. The summed E-state index contributed by atoms with van der Waals surface area (Å²) >= 11 is 0. The molecule has 0 bridgehead atoms. The molecule has 0 radical (unpaired) electrons. The molecule has 0 aliphatic rings. The number of hydrogen-bond acceptors (Lipinski definition) is 2. The summed E-state index contributed by atoms with van der Waals surface area (Å²) in [4.78, 5) is 14.3. The molecule has 0 spiro atoms. The van der Waals surface area contributed by atoms with Crippen LogP contribution in [0.2, 0.25) is 0 Å². The van der Waals surface area contributed by atoms with Gasteiger partial charge in [-0.1, -0.05) is 0 Å². The van der Waals surface area contributed by atoms with Gasteiger partial charge >= 0.3 is 5.97 Å². The van der Waals surface area contributed by atoms with E-state index in [9.17, 15) is 4.79 Å². The smallest absolute Gasteiger partial charge is 0.303 e. The molecule has 0 aliphatic heterocycles. The number of aromatic nitrogens is 2. The van der Waals surface area contributed by atoms with Gasteiger partial charge in [-0.25, -0.2) is 4.98 Å². The number of nitrogens with zero attached hydrogens (tertiary/aromatic N) is 2. The lowest BCUT2D eigenvalue weighted by Gasteiger charge is -2.25. The Morgan fingerprint density at radius 1 is 1.62 bits per heavy atom. The third kappa shape index (κ3) is 2.57. The van der Waals surface area contributed by atoms with Crippen molar-refractivity contribution >= 4 is 5.97 Å². The van der Waals surface area contributed by atoms with Gasteiger partial charge in [-0.05, 0) is 20.3 Å². The molecular weight excluding hydrogens is 168 g/mol. The van der Waals surface area contributed by atoms with E-state index in [-0.39, 0.29) is 12.0 Å². The molecular formula is C9H14N2O2. The molecule has 1 N–H and O–H groups in total. The Kier molecular flexibility index (Phi) is 2.70. The standard InChI is InChI=1S/C9H14N2O2/c1-9(2,4-3-8(12)13)11-6-5-10-7-11/h5-7H,3-4H2,1-2H3,(H,12,13). The first-order valence-corrected chi connectivity index (χ1v) is 4.22. The maximum Gasteiger partial charge on any atom is 0.303 e. The Bertz CT molecular complexity index is 278. The molecule has 0 saturated heterocycles. The zero-order chi connectivity index (χ0) is 9.90. The summed E-state index contributed by atoms with van der Waals surface area (Å²) < 4.78 is 1.93. The number of imidazole rings is 1. The van der Waals surface area contributed by atoms with Crippen LogP contribution in [0, 0.1) is 0 Å². The van der Waals surface area contributed by atoms with Gasteiger partial charge in [0.2, 0.25) is 0 Å². The highest BCUT2D eigenvalue weighted by Gasteiger charge is 2.20. The predicted octanol–water partition coefficient (Wildman–Crippen LogP) is 1.48. The van der Waals surface area contributed by atoms with Crippen LogP contribution in [0.5, 0.6) is 0 Å². The Morgan fingerprint density at radius 2 is 2.31 bits per heavy atom. The average molecular weight is 182 g/mol. The van der Waals surface area contributed by atoms with Crippen LogP contribution in [0.1, 0.15) is 26.7 Å². The van der Waals surface area contributed by atoms with Gasteiger partial charge in [-0.3, -0.25) is 4.79 Å². The lowest BCUT2D eigenvalue weighted by atomic mass is 9.98. The van der Waals surface area contributed by atoms with Crippen LogP contribution in [0.4, 0.5) is 0 Å². The second kappa shape index (κ2) is 3.60. The van der Waals surface area contributed by atoms with Crippen molar-refractivity contribution in [2.24, 2.45) is 0 Å². The maximum absolute atomic E-state index is 10.4. The van der Waals surface area contributed by atoms with Crippen LogP contribution >= 0.6 is 0 Å². The topological polar surface area (TPSA) is 55.1 Å². The monoisotopic (exact) mass is 182 g/mol. The Labute approximate surface area is 77.2 Å². The lowest BCUT2D eigenvalue weighted by Crippen LogP contribution is -2.25. The predicted molar refractivity (Wildman–Crippen MR) is 48.4 cm³/mol. The molecule has 4 nitrogen and oxygen atoms in total. The Morgan fingerprint density at radius 3 is 2.77 bits per heavy atom. The minimum absolute atomic E-state index is 0.172. The second-order valence-electron chi connectivity index (χ2n) is 3.68. The van der Waals surface area contributed by atoms with Gasteiger partial charge in [-0.15, -0.1) is 0 Å². The Hall–Kier alpha value is -1.32. The molecule has 72 valence electrons. The molecule has 0 saturated carbocycles. The minimum Gasteiger partial charge on any atom is -0.481 e. The van der Waals surface area contributed by atoms with Crippen LogP contribution in [0.3, 0.4) is 0 Å². The Balaban J connectivity index is 2.61. The van der Waals surface area contributed by atoms with E-state index >= 15 is 0 Å². The van der Waals surface area contributed by atoms with E-state index in [1.54, 1.807) is 12.5 Å². The van der Waals surface area contributed by atoms with Crippen molar-refractivity contribution in [2.75, 3.05) is 0 Å². The number of hydrogen-bond donors (Lipinski definition) is 1. The highest BCUT2D eigenvalue weighted by Crippen LogP contribution is 2.20. The van der Waals surface area contributed by atoms with E-state index in [4.69, 9.17) is 5.11 Å². The van der Waals surface area contributed by atoms with Crippen LogP contribution in [-0.2, 0) is 10.3 Å². The summed E-state index contributed by atoms with van der Waals surface area (Å²) in [6.45, 7) is 4.00. The molecule has 0 unspecified atom stereocenters. The maximum atomic E-state index is 10.4. The van der Waals surface area contributed by atoms with Gasteiger partial charge < -0.3 is 9.67 Å². The zero-order valence-electron chi connectivity index (χ0n) is 7.90. The van der Waals surface area contributed by atoms with Gasteiger partial charge in [0.25, 0.3) is 0 Å². The van der Waals surface area contributed by atoms with E-state index in [1.165, 1.54) is 0 Å². The van der Waals surface area contributed by atoms with E-state index in [0.717, 1.165) is 0 Å². The molecule has 4 heteroatoms. The molecule has 1 heterocycles. The van der Waals surface area contributed by atoms with E-state index in [0.29, 0.717) is 6.42 Å². The second-order valence-corrected chi connectivity index (χ2v) is 3.68. The summed E-state index contributed by atoms with van der Waals surface area (Å²) in [6.07, 6.45) is 6.05. The first-order valence-electron chi connectivity index (χ1n) is 4.22. The average Bonchev–Trinajstić information content (AvgIpc) is 2.53. The van der Waals surface area contributed by atoms with Gasteiger partial charge in [0.05, 0.1) is 6.33 Å². The van der Waals surface area contributed by atoms with E-state index < -0.39 is 5.97 Å². The summed E-state index contributed by atoms with van der Waals surface area (Å²) in [5.41, 5.74) is -0.172. The lowest BCUT2D eigenvalue weighted by molar-refractivity contribution is -0.137. The fraction of sp³-hybridized carbons (Fsp3) is 0.556. The molecule has 0 aromatic carbocycles. The molecule has 0 amide bonds. The SMILES string of the molecule is CC(C)(CCC(=O)O)n1ccnc1. The summed E-state index contributed by atoms with van der Waals surface area (Å²) in [5.74, 6) is -0.756. The highest BCUT2D eigenvalue weighted by molar-refractivity contribution is 5.66. The summed E-state index contributed by atoms with van der Waals surface area (Å²) in [5, 5.41) is 8.55. The van der Waals surface area contributed by atoms with Gasteiger partial charge in [0.15, 0.2) is 0 Å². The van der Waals surface area contributed by atoms with Crippen molar-refractivity contribution in [1.82, 2.24) is 9.55 Å². The first kappa shape index (κ1) is 9.77. The quantitative estimate of drug-likeness (QED) is 0.767. The first-order chi connectivity index (χ1) is 6.02. The fourth-order valence-corrected chi connectivity index (χ4v) is 1.16. The molecule has 0 atom stereocenters. The number of carboxylic acids is 1. The normalized spacial score (nSPS) is 11.5. The molecule has 0 fully saturated rings. The van der Waals surface area contributed by atoms with Crippen LogP contribution in [0.25, 0.3) is 0 Å². The minimum atomic E-state index is -0.756. The third-order valence-electron chi connectivity index (χ3n) is 2.15. The van der Waals surface area contributed by atoms with Crippen LogP contribution < -0.4 is 0 Å². The third-order valence-corrected chi connectivity index (χ3v) is 2.15. The van der Waals surface area contributed by atoms with E-state index in [1.807, 2.05) is 24.6 Å². The molecule has 13 heavy (non-hydrogen) atoms. The van der Waals surface area contributed by atoms with Gasteiger partial charge in [-0.2, -0.15) is 0 Å². The van der Waals surface area contributed by atoms with E-state index in [2.05, 4.69) is 4.98 Å². The molecule has 1 aromatic rings. The number of aliphatic carboxylic acids is 1. The number of carbonyl (C=O) groups is 1. The van der Waals surface area contributed by atoms with Crippen LogP contribution in [0.15, 0.2) is 18.7 Å². The highest BCUT2D eigenvalue weighted by atomic mass is 16.4. The molecule has 1 aromatic heterocycles. The van der Waals surface area contributed by atoms with Crippen molar-refractivity contribution in [2.45, 2.75) is 32.2 Å². The largest absolute Gasteiger partial charge is 0.481 e. The van der Waals surface area contributed by atoms with Crippen molar-refractivity contribution in [1.29, 1.82) is 0 Å². The van der Waals surface area contributed by atoms with Crippen molar-refractivity contribution < 1.29 is 9.90 Å². The van der Waals surface area contributed by atoms with Crippen molar-refractivity contribution in [3.8, 4) is 0 Å². The summed E-state index contributed by atoms with van der Waals surface area (Å²) in [7, 11) is 0. The van der Waals surface area contributed by atoms with Crippen molar-refractivity contribution in [3.63, 3.8) is 0 Å². The fourth-order valence-electron chi connectivity index (χ4n) is 1.16. The zero-order valence-corrected chi connectivity index (χ0v) is 7.90. The number of rotatable bonds is 4. The van der Waals surface area contributed by atoms with Crippen molar-refractivity contribution in [3.05, 3.63) is 18.7 Å². The molecule has 0 aliphatic carbocycles. The van der Waals surface area contributed by atoms with Crippen LogP contribution in [-0.4, -0.2) is 20.6 Å². The number of carboxylic acid groups (broad SMARTS) is 1. The molecule has 1 rings (SSSR count). The van der Waals surface area contributed by atoms with Gasteiger partial charge in [0, 0.05) is 24.4 Å².